The van der Waals surface area contributed by atoms with Crippen LogP contribution in [0.1, 0.15) is 5.82 Å². The maximum absolute atomic E-state index is 11.8. The van der Waals surface area contributed by atoms with E-state index >= 15 is 0 Å². The summed E-state index contributed by atoms with van der Waals surface area (Å²) in [7, 11) is 1.57. The second kappa shape index (κ2) is 9.40. The molecule has 0 saturated heterocycles. The summed E-state index contributed by atoms with van der Waals surface area (Å²) in [6.45, 7) is 0.153. The highest BCUT2D eigenvalue weighted by Crippen LogP contribution is 2.16. The van der Waals surface area contributed by atoms with Crippen LogP contribution in [0.2, 0.25) is 0 Å². The molecule has 2 aromatic carbocycles. The highest BCUT2D eigenvalue weighted by molar-refractivity contribution is 5.85. The Labute approximate surface area is 162 Å². The van der Waals surface area contributed by atoms with E-state index < -0.39 is 0 Å². The molecule has 0 atom stereocenters. The lowest BCUT2D eigenvalue weighted by molar-refractivity contribution is -0.127. The largest absolute Gasteiger partial charge is 0.497 e. The van der Waals surface area contributed by atoms with Crippen LogP contribution < -0.4 is 20.1 Å². The molecule has 3 aromatic rings. The van der Waals surface area contributed by atoms with E-state index in [-0.39, 0.29) is 25.0 Å². The average molecular weight is 382 g/mol. The van der Waals surface area contributed by atoms with Crippen molar-refractivity contribution in [2.75, 3.05) is 26.8 Å². The molecule has 0 saturated carbocycles. The number of carbonyl (C=O) groups is 2. The van der Waals surface area contributed by atoms with Crippen molar-refractivity contribution in [1.82, 2.24) is 20.6 Å². The van der Waals surface area contributed by atoms with Gasteiger partial charge in [0.25, 0.3) is 5.91 Å². The molecule has 3 N–H and O–H groups in total. The normalized spacial score (nSPS) is 10.5. The number of aromatic amines is 1. The van der Waals surface area contributed by atoms with Crippen molar-refractivity contribution in [2.45, 2.75) is 6.42 Å². The average Bonchev–Trinajstić information content (AvgIpc) is 3.14. The maximum atomic E-state index is 11.8. The minimum Gasteiger partial charge on any atom is -0.497 e. The quantitative estimate of drug-likeness (QED) is 0.519. The summed E-state index contributed by atoms with van der Waals surface area (Å²) < 4.78 is 10.4. The van der Waals surface area contributed by atoms with Gasteiger partial charge >= 0.3 is 0 Å². The van der Waals surface area contributed by atoms with Gasteiger partial charge in [0.2, 0.25) is 5.91 Å². The lowest BCUT2D eigenvalue weighted by Crippen LogP contribution is -2.39. The molecule has 8 nitrogen and oxygen atoms in total. The Bertz CT molecular complexity index is 904. The lowest BCUT2D eigenvalue weighted by Gasteiger charge is -2.08. The van der Waals surface area contributed by atoms with Crippen LogP contribution in [0.3, 0.4) is 0 Å². The van der Waals surface area contributed by atoms with Gasteiger partial charge in [-0.1, -0.05) is 12.1 Å². The number of nitrogens with one attached hydrogen (secondary N) is 3. The van der Waals surface area contributed by atoms with E-state index in [1.54, 1.807) is 31.4 Å². The van der Waals surface area contributed by atoms with Crippen molar-refractivity contribution in [3.63, 3.8) is 0 Å². The van der Waals surface area contributed by atoms with Crippen LogP contribution in [0.15, 0.2) is 48.5 Å². The van der Waals surface area contributed by atoms with E-state index in [0.717, 1.165) is 16.9 Å². The molecular weight excluding hydrogens is 360 g/mol. The Morgan fingerprint density at radius 1 is 1.00 bits per heavy atom. The molecule has 146 valence electrons. The molecule has 8 heteroatoms. The van der Waals surface area contributed by atoms with Gasteiger partial charge in [-0.3, -0.25) is 9.59 Å². The molecule has 0 unspecified atom stereocenters. The standard InChI is InChI=1S/C20H22N4O4/c1-27-14-6-8-15(9-7-14)28-13-20(26)22-12-19(25)21-11-10-18-23-16-4-2-3-5-17(16)24-18/h2-9H,10-13H2,1H3,(H,21,25)(H,22,26)(H,23,24). The molecule has 0 spiro atoms. The van der Waals surface area contributed by atoms with Gasteiger partial charge in [0.05, 0.1) is 24.7 Å². The summed E-state index contributed by atoms with van der Waals surface area (Å²) in [5, 5.41) is 5.27. The molecule has 28 heavy (non-hydrogen) atoms. The Hall–Kier alpha value is -3.55. The Kier molecular flexibility index (Phi) is 6.46. The number of carbonyl (C=O) groups excluding carboxylic acids is 2. The fourth-order valence-corrected chi connectivity index (χ4v) is 2.56. The Morgan fingerprint density at radius 3 is 2.50 bits per heavy atom. The number of para-hydroxylation sites is 2. The molecule has 0 aliphatic carbocycles. The van der Waals surface area contributed by atoms with E-state index in [0.29, 0.717) is 24.5 Å². The first-order valence-corrected chi connectivity index (χ1v) is 8.88. The second-order valence-electron chi connectivity index (χ2n) is 6.04. The third-order valence-corrected chi connectivity index (χ3v) is 4.00. The summed E-state index contributed by atoms with van der Waals surface area (Å²) in [4.78, 5) is 31.3. The number of ether oxygens (including phenoxy) is 2. The van der Waals surface area contributed by atoms with Crippen molar-refractivity contribution < 1.29 is 19.1 Å². The van der Waals surface area contributed by atoms with Crippen molar-refractivity contribution in [2.24, 2.45) is 0 Å². The summed E-state index contributed by atoms with van der Waals surface area (Å²) in [5.41, 5.74) is 1.86. The van der Waals surface area contributed by atoms with Gasteiger partial charge in [-0.05, 0) is 36.4 Å². The van der Waals surface area contributed by atoms with Gasteiger partial charge in [-0.25, -0.2) is 4.98 Å². The van der Waals surface area contributed by atoms with E-state index in [1.807, 2.05) is 24.3 Å². The third kappa shape index (κ3) is 5.47. The zero-order valence-electron chi connectivity index (χ0n) is 15.5. The number of hydrogen-bond acceptors (Lipinski definition) is 5. The number of nitrogens with zero attached hydrogens (tertiary/aromatic N) is 1. The predicted octanol–water partition coefficient (Wildman–Crippen LogP) is 1.43. The van der Waals surface area contributed by atoms with Crippen LogP contribution >= 0.6 is 0 Å². The first-order valence-electron chi connectivity index (χ1n) is 8.88. The molecule has 1 aromatic heterocycles. The third-order valence-electron chi connectivity index (χ3n) is 4.00. The number of benzene rings is 2. The number of methoxy groups -OCH3 is 1. The van der Waals surface area contributed by atoms with Gasteiger partial charge in [-0.2, -0.15) is 0 Å². The molecule has 0 fully saturated rings. The van der Waals surface area contributed by atoms with Gasteiger partial charge < -0.3 is 25.1 Å². The fourth-order valence-electron chi connectivity index (χ4n) is 2.56. The van der Waals surface area contributed by atoms with Gasteiger partial charge in [-0.15, -0.1) is 0 Å². The number of aromatic nitrogens is 2. The fraction of sp³-hybridized carbons (Fsp3) is 0.250. The van der Waals surface area contributed by atoms with Crippen molar-refractivity contribution in [1.29, 1.82) is 0 Å². The van der Waals surface area contributed by atoms with Crippen LogP contribution in [0, 0.1) is 0 Å². The molecule has 2 amide bonds. The van der Waals surface area contributed by atoms with Crippen LogP contribution in [0.25, 0.3) is 11.0 Å². The monoisotopic (exact) mass is 382 g/mol. The molecular formula is C20H22N4O4. The number of fused-ring (bicyclic) bond motifs is 1. The smallest absolute Gasteiger partial charge is 0.258 e. The van der Waals surface area contributed by atoms with Crippen LogP contribution in [0.5, 0.6) is 11.5 Å². The van der Waals surface area contributed by atoms with Crippen molar-refractivity contribution in [3.8, 4) is 11.5 Å². The Morgan fingerprint density at radius 2 is 1.75 bits per heavy atom. The highest BCUT2D eigenvalue weighted by atomic mass is 16.5. The Balaban J connectivity index is 1.32. The number of rotatable bonds is 9. The topological polar surface area (TPSA) is 105 Å². The molecule has 0 aliphatic rings. The molecule has 1 heterocycles. The van der Waals surface area contributed by atoms with Crippen molar-refractivity contribution in [3.05, 3.63) is 54.4 Å². The van der Waals surface area contributed by atoms with Crippen LogP contribution in [-0.4, -0.2) is 48.6 Å². The minimum atomic E-state index is -0.372. The maximum Gasteiger partial charge on any atom is 0.258 e. The van der Waals surface area contributed by atoms with Crippen LogP contribution in [0.4, 0.5) is 0 Å². The van der Waals surface area contributed by atoms with Crippen molar-refractivity contribution >= 4 is 22.8 Å². The van der Waals surface area contributed by atoms with E-state index in [9.17, 15) is 9.59 Å². The van der Waals surface area contributed by atoms with Gasteiger partial charge in [0.1, 0.15) is 17.3 Å². The second-order valence-corrected chi connectivity index (χ2v) is 6.04. The van der Waals surface area contributed by atoms with E-state index in [1.165, 1.54) is 0 Å². The van der Waals surface area contributed by atoms with E-state index in [2.05, 4.69) is 20.6 Å². The molecule has 0 aliphatic heterocycles. The lowest BCUT2D eigenvalue weighted by atomic mass is 10.3. The summed E-state index contributed by atoms with van der Waals surface area (Å²) >= 11 is 0. The number of amides is 2. The first-order chi connectivity index (χ1) is 13.6. The van der Waals surface area contributed by atoms with Gasteiger partial charge in [0, 0.05) is 13.0 Å². The van der Waals surface area contributed by atoms with Crippen LogP contribution in [-0.2, 0) is 16.0 Å². The SMILES string of the molecule is COc1ccc(OCC(=O)NCC(=O)NCCc2nc3ccccc3[nH]2)cc1. The zero-order valence-corrected chi connectivity index (χ0v) is 15.5. The molecule has 0 bridgehead atoms. The minimum absolute atomic E-state index is 0.106. The zero-order chi connectivity index (χ0) is 19.8. The predicted molar refractivity (Wildman–Crippen MR) is 104 cm³/mol. The molecule has 3 rings (SSSR count). The molecule has 0 radical (unpaired) electrons. The number of imidazole rings is 1. The van der Waals surface area contributed by atoms with E-state index in [4.69, 9.17) is 9.47 Å². The van der Waals surface area contributed by atoms with Gasteiger partial charge in [0.15, 0.2) is 6.61 Å². The first kappa shape index (κ1) is 19.2. The number of hydrogen-bond donors (Lipinski definition) is 3. The summed E-state index contributed by atoms with van der Waals surface area (Å²) in [6, 6.07) is 14.6. The number of H-pyrrole nitrogens is 1. The highest BCUT2D eigenvalue weighted by Gasteiger charge is 2.07. The summed E-state index contributed by atoms with van der Waals surface area (Å²) in [6.07, 6.45) is 0.578. The summed E-state index contributed by atoms with van der Waals surface area (Å²) in [5.74, 6) is 1.41.